The highest BCUT2D eigenvalue weighted by Crippen LogP contribution is 2.29. The number of hydrogen-bond acceptors (Lipinski definition) is 5. The van der Waals surface area contributed by atoms with Crippen LogP contribution in [-0.2, 0) is 21.4 Å². The number of hydrogen-bond donors (Lipinski definition) is 1. The van der Waals surface area contributed by atoms with Crippen molar-refractivity contribution in [2.45, 2.75) is 48.5 Å². The third-order valence-corrected chi connectivity index (χ3v) is 8.55. The van der Waals surface area contributed by atoms with Gasteiger partial charge in [-0.1, -0.05) is 24.3 Å². The molecule has 1 aliphatic carbocycles. The lowest BCUT2D eigenvalue weighted by Gasteiger charge is -2.33. The molecule has 4 rings (SSSR count). The van der Waals surface area contributed by atoms with E-state index in [9.17, 15) is 17.6 Å². The molecule has 1 saturated heterocycles. The third-order valence-electron chi connectivity index (χ3n) is 5.63. The Morgan fingerprint density at radius 1 is 1.13 bits per heavy atom. The van der Waals surface area contributed by atoms with E-state index in [1.807, 2.05) is 0 Å². The molecule has 0 atom stereocenters. The Kier molecular flexibility index (Phi) is 6.52. The van der Waals surface area contributed by atoms with Crippen molar-refractivity contribution in [3.63, 3.8) is 0 Å². The third kappa shape index (κ3) is 5.26. The number of nitrogens with one attached hydrogen (secondary N) is 1. The van der Waals surface area contributed by atoms with Crippen molar-refractivity contribution < 1.29 is 17.6 Å². The number of carbonyl (C=O) groups excluding carboxylic acids is 1. The molecule has 2 fully saturated rings. The van der Waals surface area contributed by atoms with E-state index >= 15 is 0 Å². The normalized spacial score (nSPS) is 18.4. The molecule has 0 unspecified atom stereocenters. The first-order valence-electron chi connectivity index (χ1n) is 10.2. The van der Waals surface area contributed by atoms with Crippen LogP contribution in [0.1, 0.15) is 31.2 Å². The quantitative estimate of drug-likeness (QED) is 0.670. The van der Waals surface area contributed by atoms with Crippen molar-refractivity contribution in [2.24, 2.45) is 0 Å². The standard InChI is InChI=1S/C21H26FN3O3S2/c22-19-5-2-1-4-16(19)14-25(18-7-8-18)20(26)15-24-11-9-17(10-12-24)23-30(27,28)21-6-3-13-29-21/h1-6,13,17-18,23H,7-12,14-15H2. The summed E-state index contributed by atoms with van der Waals surface area (Å²) in [6.07, 6.45) is 3.25. The summed E-state index contributed by atoms with van der Waals surface area (Å²) in [4.78, 5) is 16.8. The fourth-order valence-electron chi connectivity index (χ4n) is 3.80. The molecular formula is C21H26FN3O3S2. The van der Waals surface area contributed by atoms with E-state index < -0.39 is 10.0 Å². The largest absolute Gasteiger partial charge is 0.334 e. The lowest BCUT2D eigenvalue weighted by atomic mass is 10.1. The zero-order chi connectivity index (χ0) is 21.1. The SMILES string of the molecule is O=C(CN1CCC(NS(=O)(=O)c2cccs2)CC1)N(Cc1ccccc1F)C1CC1. The molecule has 0 bridgehead atoms. The Bertz CT molecular complexity index is 969. The van der Waals surface area contributed by atoms with E-state index in [1.165, 1.54) is 17.4 Å². The predicted molar refractivity (Wildman–Crippen MR) is 114 cm³/mol. The lowest BCUT2D eigenvalue weighted by molar-refractivity contribution is -0.134. The lowest BCUT2D eigenvalue weighted by Crippen LogP contribution is -2.48. The van der Waals surface area contributed by atoms with E-state index in [4.69, 9.17) is 0 Å². The van der Waals surface area contributed by atoms with Crippen molar-refractivity contribution in [2.75, 3.05) is 19.6 Å². The number of amides is 1. The number of piperidine rings is 1. The molecule has 1 N–H and O–H groups in total. The van der Waals surface area contributed by atoms with Crippen LogP contribution in [0.5, 0.6) is 0 Å². The molecule has 1 amide bonds. The van der Waals surface area contributed by atoms with Gasteiger partial charge in [0, 0.05) is 37.3 Å². The van der Waals surface area contributed by atoms with E-state index in [-0.39, 0.29) is 30.4 Å². The number of nitrogens with zero attached hydrogens (tertiary/aromatic N) is 2. The highest BCUT2D eigenvalue weighted by molar-refractivity contribution is 7.91. The van der Waals surface area contributed by atoms with Crippen LogP contribution in [0.3, 0.4) is 0 Å². The minimum absolute atomic E-state index is 0.0124. The molecule has 1 aromatic heterocycles. The van der Waals surface area contributed by atoms with Gasteiger partial charge in [-0.3, -0.25) is 9.69 Å². The summed E-state index contributed by atoms with van der Waals surface area (Å²) in [5.41, 5.74) is 0.541. The summed E-state index contributed by atoms with van der Waals surface area (Å²) < 4.78 is 41.9. The van der Waals surface area contributed by atoms with Gasteiger partial charge in [-0.15, -0.1) is 11.3 Å². The number of rotatable bonds is 8. The van der Waals surface area contributed by atoms with Gasteiger partial charge in [0.05, 0.1) is 6.54 Å². The van der Waals surface area contributed by atoms with Crippen LogP contribution in [0, 0.1) is 5.82 Å². The average molecular weight is 452 g/mol. The Balaban J connectivity index is 1.29. The predicted octanol–water partition coefficient (Wildman–Crippen LogP) is 2.82. The van der Waals surface area contributed by atoms with Gasteiger partial charge in [-0.05, 0) is 43.2 Å². The second-order valence-corrected chi connectivity index (χ2v) is 10.8. The Hall–Kier alpha value is -1.81. The maximum atomic E-state index is 14.0. The van der Waals surface area contributed by atoms with Gasteiger partial charge in [-0.2, -0.15) is 0 Å². The number of sulfonamides is 1. The second kappa shape index (κ2) is 9.13. The number of halogens is 1. The zero-order valence-electron chi connectivity index (χ0n) is 16.7. The van der Waals surface area contributed by atoms with Gasteiger partial charge in [0.25, 0.3) is 0 Å². The molecule has 1 aromatic carbocycles. The maximum absolute atomic E-state index is 14.0. The van der Waals surface area contributed by atoms with Gasteiger partial charge in [0.2, 0.25) is 15.9 Å². The van der Waals surface area contributed by atoms with E-state index in [0.29, 0.717) is 42.2 Å². The van der Waals surface area contributed by atoms with Crippen molar-refractivity contribution in [3.8, 4) is 0 Å². The van der Waals surface area contributed by atoms with Crippen LogP contribution in [0.2, 0.25) is 0 Å². The van der Waals surface area contributed by atoms with Crippen LogP contribution in [-0.4, -0.2) is 55.8 Å². The highest BCUT2D eigenvalue weighted by Gasteiger charge is 2.34. The summed E-state index contributed by atoms with van der Waals surface area (Å²) >= 11 is 1.20. The minimum Gasteiger partial charge on any atom is -0.334 e. The summed E-state index contributed by atoms with van der Waals surface area (Å²) in [5.74, 6) is -0.270. The highest BCUT2D eigenvalue weighted by atomic mass is 32.2. The van der Waals surface area contributed by atoms with Gasteiger partial charge >= 0.3 is 0 Å². The number of thiophene rings is 1. The van der Waals surface area contributed by atoms with Gasteiger partial charge in [-0.25, -0.2) is 17.5 Å². The first kappa shape index (κ1) is 21.4. The molecule has 0 spiro atoms. The Morgan fingerprint density at radius 3 is 2.50 bits per heavy atom. The van der Waals surface area contributed by atoms with E-state index in [1.54, 1.807) is 40.6 Å². The van der Waals surface area contributed by atoms with Crippen LogP contribution in [0.25, 0.3) is 0 Å². The summed E-state index contributed by atoms with van der Waals surface area (Å²) in [5, 5.41) is 1.75. The van der Waals surface area contributed by atoms with Crippen molar-refractivity contribution in [1.82, 2.24) is 14.5 Å². The van der Waals surface area contributed by atoms with Crippen molar-refractivity contribution in [1.29, 1.82) is 0 Å². The molecular weight excluding hydrogens is 425 g/mol. The van der Waals surface area contributed by atoms with Crippen molar-refractivity contribution in [3.05, 3.63) is 53.2 Å². The molecule has 2 heterocycles. The molecule has 6 nitrogen and oxygen atoms in total. The van der Waals surface area contributed by atoms with Gasteiger partial charge < -0.3 is 4.90 Å². The summed E-state index contributed by atoms with van der Waals surface area (Å²) in [6.45, 7) is 1.89. The average Bonchev–Trinajstić information content (AvgIpc) is 3.39. The maximum Gasteiger partial charge on any atom is 0.250 e. The fraction of sp³-hybridized carbons (Fsp3) is 0.476. The zero-order valence-corrected chi connectivity index (χ0v) is 18.3. The van der Waals surface area contributed by atoms with Crippen molar-refractivity contribution >= 4 is 27.3 Å². The van der Waals surface area contributed by atoms with Crippen LogP contribution in [0.15, 0.2) is 46.0 Å². The number of benzene rings is 1. The van der Waals surface area contributed by atoms with Crippen LogP contribution in [0.4, 0.5) is 4.39 Å². The molecule has 2 aliphatic rings. The first-order chi connectivity index (χ1) is 14.4. The number of carbonyl (C=O) groups is 1. The van der Waals surface area contributed by atoms with Crippen LogP contribution >= 0.6 is 11.3 Å². The molecule has 0 radical (unpaired) electrons. The van der Waals surface area contributed by atoms with Gasteiger partial charge in [0.1, 0.15) is 10.0 Å². The van der Waals surface area contributed by atoms with Gasteiger partial charge in [0.15, 0.2) is 0 Å². The smallest absolute Gasteiger partial charge is 0.250 e. The monoisotopic (exact) mass is 451 g/mol. The Morgan fingerprint density at radius 2 is 1.87 bits per heavy atom. The molecule has 2 aromatic rings. The molecule has 1 saturated carbocycles. The molecule has 1 aliphatic heterocycles. The topological polar surface area (TPSA) is 69.7 Å². The first-order valence-corrected chi connectivity index (χ1v) is 12.6. The molecule has 9 heteroatoms. The Labute approximate surface area is 180 Å². The fourth-order valence-corrected chi connectivity index (χ4v) is 6.12. The number of likely N-dealkylation sites (tertiary alicyclic amines) is 1. The molecule has 30 heavy (non-hydrogen) atoms. The second-order valence-electron chi connectivity index (χ2n) is 7.95. The molecule has 162 valence electrons. The minimum atomic E-state index is -3.47. The summed E-state index contributed by atoms with van der Waals surface area (Å²) in [7, 11) is -3.47. The summed E-state index contributed by atoms with van der Waals surface area (Å²) in [6, 6.07) is 9.99. The van der Waals surface area contributed by atoms with E-state index in [0.717, 1.165) is 12.8 Å². The van der Waals surface area contributed by atoms with E-state index in [2.05, 4.69) is 9.62 Å². The van der Waals surface area contributed by atoms with Crippen LogP contribution < -0.4 is 4.72 Å².